The molecule has 1 fully saturated rings. The van der Waals surface area contributed by atoms with E-state index in [1.165, 1.54) is 12.1 Å². The first-order chi connectivity index (χ1) is 7.18. The molecule has 1 N–H and O–H groups in total. The van der Waals surface area contributed by atoms with Gasteiger partial charge < -0.3 is 5.32 Å². The van der Waals surface area contributed by atoms with E-state index in [-0.39, 0.29) is 18.2 Å². The van der Waals surface area contributed by atoms with Gasteiger partial charge in [0.25, 0.3) is 0 Å². The fraction of sp³-hybridized carbons (Fsp3) is 0.500. The summed E-state index contributed by atoms with van der Waals surface area (Å²) in [4.78, 5) is 0. The molecule has 1 aromatic rings. The van der Waals surface area contributed by atoms with Gasteiger partial charge in [0, 0.05) is 5.02 Å². The van der Waals surface area contributed by atoms with Crippen LogP contribution in [0.15, 0.2) is 18.2 Å². The van der Waals surface area contributed by atoms with Crippen molar-refractivity contribution in [1.29, 1.82) is 0 Å². The van der Waals surface area contributed by atoms with Crippen molar-refractivity contribution in [2.45, 2.75) is 19.3 Å². The summed E-state index contributed by atoms with van der Waals surface area (Å²) >= 11 is 6.07. The fourth-order valence-corrected chi connectivity index (χ4v) is 2.59. The van der Waals surface area contributed by atoms with E-state index in [0.717, 1.165) is 25.1 Å². The van der Waals surface area contributed by atoms with Gasteiger partial charge >= 0.3 is 0 Å². The number of nitrogens with one attached hydrogen (secondary N) is 1. The van der Waals surface area contributed by atoms with E-state index in [9.17, 15) is 4.39 Å². The second-order valence-electron chi connectivity index (χ2n) is 4.24. The number of piperidine rings is 1. The molecule has 1 heterocycles. The Morgan fingerprint density at radius 1 is 1.44 bits per heavy atom. The van der Waals surface area contributed by atoms with Gasteiger partial charge in [-0.1, -0.05) is 24.6 Å². The van der Waals surface area contributed by atoms with Crippen LogP contribution >= 0.6 is 24.0 Å². The van der Waals surface area contributed by atoms with Crippen molar-refractivity contribution >= 4 is 24.0 Å². The number of hydrogen-bond donors (Lipinski definition) is 1. The van der Waals surface area contributed by atoms with Gasteiger partial charge in [-0.25, -0.2) is 4.39 Å². The minimum Gasteiger partial charge on any atom is -0.316 e. The first kappa shape index (κ1) is 13.8. The molecule has 2 unspecified atom stereocenters. The van der Waals surface area contributed by atoms with E-state index in [1.54, 1.807) is 0 Å². The SMILES string of the molecule is CC1CNCCC1c1ccc(F)cc1Cl.Cl. The van der Waals surface area contributed by atoms with E-state index < -0.39 is 0 Å². The van der Waals surface area contributed by atoms with Crippen LogP contribution in [0, 0.1) is 11.7 Å². The lowest BCUT2D eigenvalue weighted by molar-refractivity contribution is 0.349. The average molecular weight is 264 g/mol. The summed E-state index contributed by atoms with van der Waals surface area (Å²) in [7, 11) is 0. The van der Waals surface area contributed by atoms with E-state index in [0.29, 0.717) is 16.9 Å². The molecule has 0 spiro atoms. The normalized spacial score (nSPS) is 24.9. The molecule has 0 aromatic heterocycles. The van der Waals surface area contributed by atoms with Crippen LogP contribution in [0.3, 0.4) is 0 Å². The number of benzene rings is 1. The molecule has 0 aliphatic carbocycles. The standard InChI is InChI=1S/C12H15ClFN.ClH/c1-8-7-15-5-4-10(8)11-3-2-9(14)6-12(11)13;/h2-3,6,8,10,15H,4-5,7H2,1H3;1H. The Kier molecular flexibility index (Phi) is 5.03. The van der Waals surface area contributed by atoms with Crippen LogP contribution in [-0.2, 0) is 0 Å². The molecule has 2 atom stereocenters. The highest BCUT2D eigenvalue weighted by Gasteiger charge is 2.24. The average Bonchev–Trinajstić information content (AvgIpc) is 2.20. The van der Waals surface area contributed by atoms with Crippen molar-refractivity contribution in [2.75, 3.05) is 13.1 Å². The zero-order chi connectivity index (χ0) is 10.8. The van der Waals surface area contributed by atoms with Crippen molar-refractivity contribution in [3.63, 3.8) is 0 Å². The maximum absolute atomic E-state index is 12.9. The second-order valence-corrected chi connectivity index (χ2v) is 4.65. The highest BCUT2D eigenvalue weighted by Crippen LogP contribution is 2.34. The lowest BCUT2D eigenvalue weighted by Gasteiger charge is -2.30. The van der Waals surface area contributed by atoms with E-state index in [2.05, 4.69) is 12.2 Å². The second kappa shape index (κ2) is 5.85. The summed E-state index contributed by atoms with van der Waals surface area (Å²) in [5.41, 5.74) is 1.09. The summed E-state index contributed by atoms with van der Waals surface area (Å²) in [5, 5.41) is 3.91. The van der Waals surface area contributed by atoms with Gasteiger partial charge in [-0.3, -0.25) is 0 Å². The quantitative estimate of drug-likeness (QED) is 0.817. The molecule has 1 saturated heterocycles. The Labute approximate surface area is 107 Å². The third-order valence-electron chi connectivity index (χ3n) is 3.15. The summed E-state index contributed by atoms with van der Waals surface area (Å²) in [6, 6.07) is 4.73. The molecule has 0 radical (unpaired) electrons. The van der Waals surface area contributed by atoms with Gasteiger partial charge in [0.2, 0.25) is 0 Å². The first-order valence-corrected chi connectivity index (χ1v) is 5.72. The van der Waals surface area contributed by atoms with Gasteiger partial charge in [0.15, 0.2) is 0 Å². The smallest absolute Gasteiger partial charge is 0.124 e. The minimum atomic E-state index is -0.259. The molecule has 1 aliphatic rings. The molecular formula is C12H16Cl2FN. The predicted octanol–water partition coefficient (Wildman–Crippen LogP) is 3.61. The van der Waals surface area contributed by atoms with Crippen molar-refractivity contribution in [2.24, 2.45) is 5.92 Å². The summed E-state index contributed by atoms with van der Waals surface area (Å²) in [5.74, 6) is 0.756. The van der Waals surface area contributed by atoms with E-state index in [4.69, 9.17) is 11.6 Å². The summed E-state index contributed by atoms with van der Waals surface area (Å²) < 4.78 is 12.9. The molecule has 16 heavy (non-hydrogen) atoms. The van der Waals surface area contributed by atoms with Crippen LogP contribution in [0.25, 0.3) is 0 Å². The van der Waals surface area contributed by atoms with E-state index in [1.807, 2.05) is 6.07 Å². The zero-order valence-electron chi connectivity index (χ0n) is 9.17. The molecule has 0 amide bonds. The highest BCUT2D eigenvalue weighted by molar-refractivity contribution is 6.31. The Bertz CT molecular complexity index is 357. The van der Waals surface area contributed by atoms with Crippen molar-refractivity contribution in [1.82, 2.24) is 5.32 Å². The Morgan fingerprint density at radius 2 is 2.19 bits per heavy atom. The summed E-state index contributed by atoms with van der Waals surface area (Å²) in [6.07, 6.45) is 1.08. The van der Waals surface area contributed by atoms with Gasteiger partial charge in [0.05, 0.1) is 0 Å². The van der Waals surface area contributed by atoms with Crippen LogP contribution in [0.2, 0.25) is 5.02 Å². The molecule has 0 bridgehead atoms. The third kappa shape index (κ3) is 2.88. The van der Waals surface area contributed by atoms with Crippen molar-refractivity contribution < 1.29 is 4.39 Å². The molecule has 1 nitrogen and oxygen atoms in total. The van der Waals surface area contributed by atoms with Crippen molar-refractivity contribution in [3.05, 3.63) is 34.6 Å². The largest absolute Gasteiger partial charge is 0.316 e. The Morgan fingerprint density at radius 3 is 2.81 bits per heavy atom. The highest BCUT2D eigenvalue weighted by atomic mass is 35.5. The molecule has 1 aromatic carbocycles. The molecule has 0 saturated carbocycles. The molecule has 4 heteroatoms. The van der Waals surface area contributed by atoms with Gasteiger partial charge in [0.1, 0.15) is 5.82 Å². The maximum atomic E-state index is 12.9. The number of rotatable bonds is 1. The number of hydrogen-bond acceptors (Lipinski definition) is 1. The van der Waals surface area contributed by atoms with Gasteiger partial charge in [-0.05, 0) is 49.0 Å². The fourth-order valence-electron chi connectivity index (χ4n) is 2.28. The third-order valence-corrected chi connectivity index (χ3v) is 3.47. The topological polar surface area (TPSA) is 12.0 Å². The van der Waals surface area contributed by atoms with Crippen molar-refractivity contribution in [3.8, 4) is 0 Å². The van der Waals surface area contributed by atoms with Crippen LogP contribution in [0.5, 0.6) is 0 Å². The van der Waals surface area contributed by atoms with Crippen LogP contribution < -0.4 is 5.32 Å². The number of halogens is 3. The zero-order valence-corrected chi connectivity index (χ0v) is 10.7. The maximum Gasteiger partial charge on any atom is 0.124 e. The Balaban J connectivity index is 0.00000128. The van der Waals surface area contributed by atoms with Gasteiger partial charge in [-0.15, -0.1) is 12.4 Å². The first-order valence-electron chi connectivity index (χ1n) is 5.34. The van der Waals surface area contributed by atoms with Crippen LogP contribution in [0.4, 0.5) is 4.39 Å². The van der Waals surface area contributed by atoms with Crippen LogP contribution in [0.1, 0.15) is 24.8 Å². The molecule has 1 aliphatic heterocycles. The van der Waals surface area contributed by atoms with Crippen LogP contribution in [-0.4, -0.2) is 13.1 Å². The monoisotopic (exact) mass is 263 g/mol. The minimum absolute atomic E-state index is 0. The molecule has 2 rings (SSSR count). The van der Waals surface area contributed by atoms with Gasteiger partial charge in [-0.2, -0.15) is 0 Å². The molecule has 90 valence electrons. The summed E-state index contributed by atoms with van der Waals surface area (Å²) in [6.45, 7) is 4.23. The Hall–Kier alpha value is -0.310. The predicted molar refractivity (Wildman–Crippen MR) is 68.0 cm³/mol. The lowest BCUT2D eigenvalue weighted by Crippen LogP contribution is -2.33. The molecular weight excluding hydrogens is 248 g/mol. The lowest BCUT2D eigenvalue weighted by atomic mass is 9.82. The van der Waals surface area contributed by atoms with E-state index >= 15 is 0 Å².